The van der Waals surface area contributed by atoms with Crippen LogP contribution in [0.4, 0.5) is 0 Å². The smallest absolute Gasteiger partial charge is 0.349 e. The van der Waals surface area contributed by atoms with Crippen molar-refractivity contribution in [2.45, 2.75) is 11.0 Å². The molecule has 0 aliphatic carbocycles. The Bertz CT molecular complexity index is 593. The maximum atomic E-state index is 12.6. The van der Waals surface area contributed by atoms with Gasteiger partial charge in [-0.2, -0.15) is 4.31 Å². The summed E-state index contributed by atoms with van der Waals surface area (Å²) >= 11 is 1.05. The van der Waals surface area contributed by atoms with Crippen LogP contribution in [0.5, 0.6) is 0 Å². The van der Waals surface area contributed by atoms with Crippen molar-refractivity contribution >= 4 is 27.3 Å². The Morgan fingerprint density at radius 3 is 3.00 bits per heavy atom. The van der Waals surface area contributed by atoms with E-state index in [0.29, 0.717) is 13.2 Å². The molecule has 9 heteroatoms. The molecule has 1 aromatic rings. The molecular weight excluding hydrogens is 316 g/mol. The molecule has 7 nitrogen and oxygen atoms in total. The number of nitrogens with one attached hydrogen (secondary N) is 1. The maximum Gasteiger partial charge on any atom is 0.349 e. The van der Waals surface area contributed by atoms with E-state index in [0.717, 1.165) is 17.9 Å². The van der Waals surface area contributed by atoms with E-state index in [-0.39, 0.29) is 22.4 Å². The number of hydrogen-bond acceptors (Lipinski definition) is 7. The summed E-state index contributed by atoms with van der Waals surface area (Å²) in [6, 6.07) is 1.42. The molecule has 1 N–H and O–H groups in total. The van der Waals surface area contributed by atoms with Crippen LogP contribution in [0.2, 0.25) is 0 Å². The quantitative estimate of drug-likeness (QED) is 0.771. The molecule has 118 valence electrons. The van der Waals surface area contributed by atoms with Crippen LogP contribution in [0.3, 0.4) is 0 Å². The lowest BCUT2D eigenvalue weighted by molar-refractivity contribution is 0.0206. The number of rotatable bonds is 5. The lowest BCUT2D eigenvalue weighted by Gasteiger charge is -2.27. The highest BCUT2D eigenvalue weighted by atomic mass is 32.2. The monoisotopic (exact) mass is 334 g/mol. The van der Waals surface area contributed by atoms with Crippen LogP contribution in [0.1, 0.15) is 9.67 Å². The molecule has 1 aliphatic heterocycles. The van der Waals surface area contributed by atoms with Crippen LogP contribution in [-0.2, 0) is 19.5 Å². The molecular formula is C12H18N2O5S2. The maximum absolute atomic E-state index is 12.6. The lowest BCUT2D eigenvalue weighted by Crippen LogP contribution is -2.45. The number of esters is 1. The summed E-state index contributed by atoms with van der Waals surface area (Å²) < 4.78 is 36.4. The second-order valence-corrected chi connectivity index (χ2v) is 7.52. The normalized spacial score (nSPS) is 19.7. The first-order valence-corrected chi connectivity index (χ1v) is 8.73. The molecule has 1 unspecified atom stereocenters. The standard InChI is InChI=1S/C12H18N2O5S2/c1-14(8-9-7-13-4-5-19-9)21(16,17)10-3-6-20-11(10)12(15)18-2/h3,6,9,13H,4-5,7-8H2,1-2H3. The summed E-state index contributed by atoms with van der Waals surface area (Å²) in [7, 11) is -1.04. The topological polar surface area (TPSA) is 84.9 Å². The molecule has 0 spiro atoms. The second-order valence-electron chi connectivity index (χ2n) is 4.59. The van der Waals surface area contributed by atoms with E-state index in [1.807, 2.05) is 0 Å². The van der Waals surface area contributed by atoms with Crippen LogP contribution < -0.4 is 5.32 Å². The third-order valence-corrected chi connectivity index (χ3v) is 6.04. The van der Waals surface area contributed by atoms with Crippen molar-refractivity contribution in [2.24, 2.45) is 0 Å². The second kappa shape index (κ2) is 6.84. The predicted molar refractivity (Wildman–Crippen MR) is 78.1 cm³/mol. The molecule has 0 bridgehead atoms. The zero-order valence-electron chi connectivity index (χ0n) is 11.9. The molecule has 1 atom stereocenters. The van der Waals surface area contributed by atoms with E-state index in [9.17, 15) is 13.2 Å². The molecule has 2 heterocycles. The number of carbonyl (C=O) groups excluding carboxylic acids is 1. The Hall–Kier alpha value is -1.00. The summed E-state index contributed by atoms with van der Waals surface area (Å²) in [6.07, 6.45) is -0.196. The molecule has 0 radical (unpaired) electrons. The van der Waals surface area contributed by atoms with Gasteiger partial charge in [0.2, 0.25) is 10.0 Å². The minimum atomic E-state index is -3.75. The van der Waals surface area contributed by atoms with Gasteiger partial charge in [-0.25, -0.2) is 13.2 Å². The largest absolute Gasteiger partial charge is 0.465 e. The highest BCUT2D eigenvalue weighted by Crippen LogP contribution is 2.25. The number of nitrogens with zero attached hydrogens (tertiary/aromatic N) is 1. The Morgan fingerprint density at radius 1 is 1.62 bits per heavy atom. The lowest BCUT2D eigenvalue weighted by atomic mass is 10.3. The fourth-order valence-electron chi connectivity index (χ4n) is 2.03. The molecule has 1 fully saturated rings. The molecule has 1 saturated heterocycles. The van der Waals surface area contributed by atoms with Gasteiger partial charge in [-0.05, 0) is 11.4 Å². The van der Waals surface area contributed by atoms with Crippen molar-refractivity contribution in [1.29, 1.82) is 0 Å². The molecule has 0 amide bonds. The fraction of sp³-hybridized carbons (Fsp3) is 0.583. The van der Waals surface area contributed by atoms with E-state index in [1.54, 1.807) is 5.38 Å². The zero-order valence-corrected chi connectivity index (χ0v) is 13.5. The number of likely N-dealkylation sites (N-methyl/N-ethyl adjacent to an activating group) is 1. The van der Waals surface area contributed by atoms with Gasteiger partial charge in [0.25, 0.3) is 0 Å². The van der Waals surface area contributed by atoms with Gasteiger partial charge in [0.1, 0.15) is 9.77 Å². The van der Waals surface area contributed by atoms with Crippen LogP contribution in [0, 0.1) is 0 Å². The van der Waals surface area contributed by atoms with Gasteiger partial charge < -0.3 is 14.8 Å². The average Bonchev–Trinajstić information content (AvgIpc) is 2.97. The Kier molecular flexibility index (Phi) is 5.33. The van der Waals surface area contributed by atoms with Crippen LogP contribution in [0.25, 0.3) is 0 Å². The van der Waals surface area contributed by atoms with Gasteiger partial charge in [-0.3, -0.25) is 0 Å². The van der Waals surface area contributed by atoms with E-state index in [4.69, 9.17) is 4.74 Å². The van der Waals surface area contributed by atoms with Gasteiger partial charge in [0.15, 0.2) is 0 Å². The number of morpholine rings is 1. The summed E-state index contributed by atoms with van der Waals surface area (Å²) in [5, 5.41) is 4.71. The van der Waals surface area contributed by atoms with Gasteiger partial charge in [-0.1, -0.05) is 0 Å². The van der Waals surface area contributed by atoms with Gasteiger partial charge in [-0.15, -0.1) is 11.3 Å². The van der Waals surface area contributed by atoms with E-state index < -0.39 is 16.0 Å². The van der Waals surface area contributed by atoms with Crippen LogP contribution >= 0.6 is 11.3 Å². The number of thiophene rings is 1. The summed E-state index contributed by atoms with van der Waals surface area (Å²) in [6.45, 7) is 2.16. The van der Waals surface area contributed by atoms with Gasteiger partial charge in [0.05, 0.1) is 19.8 Å². The Morgan fingerprint density at radius 2 is 2.38 bits per heavy atom. The first-order valence-electron chi connectivity index (χ1n) is 6.41. The average molecular weight is 334 g/mol. The third kappa shape index (κ3) is 3.61. The molecule has 0 aromatic carbocycles. The van der Waals surface area contributed by atoms with Crippen molar-refractivity contribution in [3.05, 3.63) is 16.3 Å². The van der Waals surface area contributed by atoms with Gasteiger partial charge in [0, 0.05) is 26.7 Å². The SMILES string of the molecule is COC(=O)c1sccc1S(=O)(=O)N(C)CC1CNCCO1. The third-order valence-electron chi connectivity index (χ3n) is 3.15. The van der Waals surface area contributed by atoms with Crippen LogP contribution in [0.15, 0.2) is 16.3 Å². The number of carbonyl (C=O) groups is 1. The van der Waals surface area contributed by atoms with E-state index in [2.05, 4.69) is 10.1 Å². The number of sulfonamides is 1. The zero-order chi connectivity index (χ0) is 15.5. The molecule has 2 rings (SSSR count). The Labute approximate surface area is 127 Å². The predicted octanol–water partition coefficient (Wildman–Crippen LogP) is 0.144. The molecule has 21 heavy (non-hydrogen) atoms. The van der Waals surface area contributed by atoms with Crippen molar-refractivity contribution in [2.75, 3.05) is 40.4 Å². The molecule has 1 aliphatic rings. The summed E-state index contributed by atoms with van der Waals surface area (Å²) in [4.78, 5) is 11.7. The first-order chi connectivity index (χ1) is 9.96. The van der Waals surface area contributed by atoms with Crippen molar-refractivity contribution in [3.8, 4) is 0 Å². The fourth-order valence-corrected chi connectivity index (χ4v) is 4.54. The highest BCUT2D eigenvalue weighted by Gasteiger charge is 2.30. The molecule has 1 aromatic heterocycles. The van der Waals surface area contributed by atoms with E-state index >= 15 is 0 Å². The summed E-state index contributed by atoms with van der Waals surface area (Å²) in [5.41, 5.74) is 0. The number of hydrogen-bond donors (Lipinski definition) is 1. The highest BCUT2D eigenvalue weighted by molar-refractivity contribution is 7.89. The summed E-state index contributed by atoms with van der Waals surface area (Å²) in [5.74, 6) is -0.646. The number of ether oxygens (including phenoxy) is 2. The van der Waals surface area contributed by atoms with Crippen molar-refractivity contribution in [3.63, 3.8) is 0 Å². The van der Waals surface area contributed by atoms with Crippen LogP contribution in [-0.4, -0.2) is 65.2 Å². The molecule has 0 saturated carbocycles. The minimum absolute atomic E-state index is 0.0226. The van der Waals surface area contributed by atoms with Crippen molar-refractivity contribution < 1.29 is 22.7 Å². The Balaban J connectivity index is 2.17. The van der Waals surface area contributed by atoms with Crippen molar-refractivity contribution in [1.82, 2.24) is 9.62 Å². The van der Waals surface area contributed by atoms with E-state index in [1.165, 1.54) is 24.5 Å². The minimum Gasteiger partial charge on any atom is -0.465 e. The van der Waals surface area contributed by atoms with Gasteiger partial charge >= 0.3 is 5.97 Å². The first kappa shape index (κ1) is 16.4. The number of methoxy groups -OCH3 is 1.